The van der Waals surface area contributed by atoms with Crippen molar-refractivity contribution >= 4 is 58.1 Å². The number of thioether (sulfide) groups is 1. The van der Waals surface area contributed by atoms with Crippen LogP contribution in [0.3, 0.4) is 0 Å². The van der Waals surface area contributed by atoms with E-state index in [-0.39, 0.29) is 39.3 Å². The van der Waals surface area contributed by atoms with Crippen LogP contribution in [-0.2, 0) is 14.3 Å². The van der Waals surface area contributed by atoms with Crippen LogP contribution >= 0.6 is 23.4 Å². The molecule has 1 saturated heterocycles. The van der Waals surface area contributed by atoms with Crippen molar-refractivity contribution in [3.63, 3.8) is 0 Å². The first-order chi connectivity index (χ1) is 16.2. The first kappa shape index (κ1) is 25.1. The molecule has 2 aromatic carbocycles. The van der Waals surface area contributed by atoms with E-state index in [1.807, 2.05) is 6.92 Å². The van der Waals surface area contributed by atoms with E-state index < -0.39 is 29.6 Å². The Morgan fingerprint density at radius 1 is 1.21 bits per heavy atom. The van der Waals surface area contributed by atoms with Gasteiger partial charge in [-0.15, -0.1) is 0 Å². The quantitative estimate of drug-likeness (QED) is 0.403. The maximum absolute atomic E-state index is 12.7. The molecule has 0 aliphatic carbocycles. The number of rotatable bonds is 8. The van der Waals surface area contributed by atoms with E-state index in [9.17, 15) is 24.3 Å². The van der Waals surface area contributed by atoms with Gasteiger partial charge in [0, 0.05) is 5.69 Å². The third-order valence-corrected chi connectivity index (χ3v) is 5.82. The highest BCUT2D eigenvalue weighted by molar-refractivity contribution is 8.18. The van der Waals surface area contributed by atoms with Gasteiger partial charge in [-0.1, -0.05) is 24.6 Å². The lowest BCUT2D eigenvalue weighted by Gasteiger charge is -2.13. The summed E-state index contributed by atoms with van der Waals surface area (Å²) < 4.78 is 10.0. The standard InChI is InChI=1S/C23H21ClN2O7S/c1-3-8-33-22(30)15-11-14(5-6-16(15)24)25-20(28)12-26-21(29)19(34-23(26)31)10-13-4-7-18(32-2)17(27)9-13/h4-7,9-11,27H,3,8,12H2,1-2H3,(H,25,28)/b19-10+. The van der Waals surface area contributed by atoms with E-state index in [0.717, 1.165) is 4.90 Å². The van der Waals surface area contributed by atoms with Crippen molar-refractivity contribution in [3.8, 4) is 11.5 Å². The summed E-state index contributed by atoms with van der Waals surface area (Å²) in [5, 5.41) is 12.0. The number of imide groups is 1. The highest BCUT2D eigenvalue weighted by Gasteiger charge is 2.36. The Morgan fingerprint density at radius 3 is 2.65 bits per heavy atom. The second kappa shape index (κ2) is 11.1. The number of methoxy groups -OCH3 is 1. The smallest absolute Gasteiger partial charge is 0.339 e. The minimum Gasteiger partial charge on any atom is -0.504 e. The van der Waals surface area contributed by atoms with Gasteiger partial charge in [0.15, 0.2) is 11.5 Å². The maximum Gasteiger partial charge on any atom is 0.339 e. The van der Waals surface area contributed by atoms with E-state index in [0.29, 0.717) is 23.7 Å². The Hall–Kier alpha value is -3.50. The molecule has 3 rings (SSSR count). The Morgan fingerprint density at radius 2 is 1.97 bits per heavy atom. The van der Waals surface area contributed by atoms with E-state index in [1.165, 1.54) is 43.5 Å². The van der Waals surface area contributed by atoms with E-state index in [4.69, 9.17) is 21.1 Å². The monoisotopic (exact) mass is 504 g/mol. The number of nitrogens with zero attached hydrogens (tertiary/aromatic N) is 1. The number of carbonyl (C=O) groups is 4. The van der Waals surface area contributed by atoms with Crippen molar-refractivity contribution in [3.05, 3.63) is 57.5 Å². The number of carbonyl (C=O) groups excluding carboxylic acids is 4. The molecule has 0 saturated carbocycles. The topological polar surface area (TPSA) is 122 Å². The van der Waals surface area contributed by atoms with Crippen LogP contribution in [0.1, 0.15) is 29.3 Å². The van der Waals surface area contributed by atoms with Crippen molar-refractivity contribution in [1.29, 1.82) is 0 Å². The molecular formula is C23H21ClN2O7S. The Bertz CT molecular complexity index is 1180. The van der Waals surface area contributed by atoms with Crippen molar-refractivity contribution < 1.29 is 33.8 Å². The number of hydrogen-bond donors (Lipinski definition) is 2. The summed E-state index contributed by atoms with van der Waals surface area (Å²) in [5.74, 6) is -1.74. The lowest BCUT2D eigenvalue weighted by Crippen LogP contribution is -2.36. The highest BCUT2D eigenvalue weighted by Crippen LogP contribution is 2.34. The lowest BCUT2D eigenvalue weighted by molar-refractivity contribution is -0.127. The SMILES string of the molecule is CCCOC(=O)c1cc(NC(=O)CN2C(=O)S/C(=C/c3ccc(OC)c(O)c3)C2=O)ccc1Cl. The van der Waals surface area contributed by atoms with Gasteiger partial charge in [0.05, 0.1) is 29.2 Å². The van der Waals surface area contributed by atoms with Gasteiger partial charge < -0.3 is 19.9 Å². The van der Waals surface area contributed by atoms with Crippen molar-refractivity contribution in [2.75, 3.05) is 25.6 Å². The number of benzene rings is 2. The molecule has 178 valence electrons. The first-order valence-electron chi connectivity index (χ1n) is 10.1. The van der Waals surface area contributed by atoms with Gasteiger partial charge >= 0.3 is 5.97 Å². The number of phenolic OH excluding ortho intramolecular Hbond substituents is 1. The molecule has 0 spiro atoms. The third-order valence-electron chi connectivity index (χ3n) is 4.58. The van der Waals surface area contributed by atoms with Crippen LogP contribution < -0.4 is 10.1 Å². The number of ether oxygens (including phenoxy) is 2. The van der Waals surface area contributed by atoms with Gasteiger partial charge in [0.1, 0.15) is 6.54 Å². The van der Waals surface area contributed by atoms with E-state index in [2.05, 4.69) is 5.32 Å². The number of phenols is 1. The fourth-order valence-electron chi connectivity index (χ4n) is 2.96. The van der Waals surface area contributed by atoms with Crippen molar-refractivity contribution in [2.24, 2.45) is 0 Å². The zero-order valence-corrected chi connectivity index (χ0v) is 19.9. The first-order valence-corrected chi connectivity index (χ1v) is 11.3. The molecule has 0 unspecified atom stereocenters. The minimum atomic E-state index is -0.639. The molecule has 0 radical (unpaired) electrons. The molecule has 1 aliphatic rings. The zero-order valence-electron chi connectivity index (χ0n) is 18.3. The number of esters is 1. The van der Waals surface area contributed by atoms with Gasteiger partial charge in [0.25, 0.3) is 11.1 Å². The van der Waals surface area contributed by atoms with Crippen molar-refractivity contribution in [1.82, 2.24) is 4.90 Å². The third kappa shape index (κ3) is 5.89. The predicted octanol–water partition coefficient (Wildman–Crippen LogP) is 4.30. The van der Waals surface area contributed by atoms with Crippen LogP contribution in [0, 0.1) is 0 Å². The summed E-state index contributed by atoms with van der Waals surface area (Å²) in [6, 6.07) is 8.82. The molecule has 2 N–H and O–H groups in total. The van der Waals surface area contributed by atoms with Crippen LogP contribution in [0.4, 0.5) is 10.5 Å². The summed E-state index contributed by atoms with van der Waals surface area (Å²) in [6.45, 7) is 1.56. The molecule has 1 heterocycles. The molecule has 9 nitrogen and oxygen atoms in total. The summed E-state index contributed by atoms with van der Waals surface area (Å²) >= 11 is 6.73. The molecule has 2 aromatic rings. The summed E-state index contributed by atoms with van der Waals surface area (Å²) in [6.07, 6.45) is 2.08. The molecule has 0 atom stereocenters. The average molecular weight is 505 g/mol. The fourth-order valence-corrected chi connectivity index (χ4v) is 3.99. The predicted molar refractivity (Wildman–Crippen MR) is 128 cm³/mol. The van der Waals surface area contributed by atoms with Crippen molar-refractivity contribution in [2.45, 2.75) is 13.3 Å². The maximum atomic E-state index is 12.7. The number of hydrogen-bond acceptors (Lipinski definition) is 8. The number of anilines is 1. The number of nitrogens with one attached hydrogen (secondary N) is 1. The summed E-state index contributed by atoms with van der Waals surface area (Å²) in [4.78, 5) is 50.5. The fraction of sp³-hybridized carbons (Fsp3) is 0.217. The van der Waals surface area contributed by atoms with Crippen LogP contribution in [0.5, 0.6) is 11.5 Å². The van der Waals surface area contributed by atoms with Gasteiger partial charge in [-0.2, -0.15) is 0 Å². The largest absolute Gasteiger partial charge is 0.504 e. The molecule has 11 heteroatoms. The zero-order chi connectivity index (χ0) is 24.8. The number of amides is 3. The Kier molecular flexibility index (Phi) is 8.19. The van der Waals surface area contributed by atoms with E-state index in [1.54, 1.807) is 6.07 Å². The average Bonchev–Trinajstić information content (AvgIpc) is 3.06. The second-order valence-corrected chi connectivity index (χ2v) is 8.48. The van der Waals surface area contributed by atoms with Gasteiger partial charge in [-0.3, -0.25) is 19.3 Å². The van der Waals surface area contributed by atoms with Gasteiger partial charge in [0.2, 0.25) is 5.91 Å². The van der Waals surface area contributed by atoms with Crippen LogP contribution in [0.25, 0.3) is 6.08 Å². The molecule has 34 heavy (non-hydrogen) atoms. The van der Waals surface area contributed by atoms with Crippen LogP contribution in [0.2, 0.25) is 5.02 Å². The normalized spacial score (nSPS) is 14.4. The van der Waals surface area contributed by atoms with E-state index >= 15 is 0 Å². The van der Waals surface area contributed by atoms with Gasteiger partial charge in [-0.25, -0.2) is 4.79 Å². The highest BCUT2D eigenvalue weighted by atomic mass is 35.5. The second-order valence-electron chi connectivity index (χ2n) is 7.08. The molecule has 3 amide bonds. The number of halogens is 1. The number of aromatic hydroxyl groups is 1. The Labute approximate surface area is 204 Å². The molecule has 1 aliphatic heterocycles. The summed E-state index contributed by atoms with van der Waals surface area (Å²) in [7, 11) is 1.41. The molecule has 1 fully saturated rings. The molecular weight excluding hydrogens is 484 g/mol. The molecule has 0 bridgehead atoms. The lowest BCUT2D eigenvalue weighted by atomic mass is 10.2. The molecule has 0 aromatic heterocycles. The van der Waals surface area contributed by atoms with Crippen LogP contribution in [-0.4, -0.2) is 53.3 Å². The van der Waals surface area contributed by atoms with Gasteiger partial charge in [-0.05, 0) is 60.2 Å². The van der Waals surface area contributed by atoms with Crippen LogP contribution in [0.15, 0.2) is 41.3 Å². The minimum absolute atomic E-state index is 0.0877. The Balaban J connectivity index is 1.68. The summed E-state index contributed by atoms with van der Waals surface area (Å²) in [5.41, 5.74) is 0.829.